The van der Waals surface area contributed by atoms with Gasteiger partial charge in [-0.05, 0) is 37.2 Å². The van der Waals surface area contributed by atoms with E-state index in [-0.39, 0.29) is 0 Å². The zero-order valence-corrected chi connectivity index (χ0v) is 14.6. The lowest BCUT2D eigenvalue weighted by Gasteiger charge is -2.18. The average Bonchev–Trinajstić information content (AvgIpc) is 2.87. The third kappa shape index (κ3) is 4.44. The number of carbonyl (C=O) groups excluding carboxylic acids is 2. The molecule has 0 aromatic carbocycles. The molecule has 0 bridgehead atoms. The van der Waals surface area contributed by atoms with Gasteiger partial charge < -0.3 is 15.2 Å². The van der Waals surface area contributed by atoms with Gasteiger partial charge in [0.15, 0.2) is 0 Å². The largest absolute Gasteiger partial charge is 0.478 e. The van der Waals surface area contributed by atoms with Crippen LogP contribution < -0.4 is 5.32 Å². The molecule has 1 heterocycles. The number of aliphatic carboxylic acids is 1. The summed E-state index contributed by atoms with van der Waals surface area (Å²) in [4.78, 5) is 35.9. The lowest BCUT2D eigenvalue weighted by atomic mass is 9.88. The average molecular weight is 351 g/mol. The second kappa shape index (κ2) is 8.10. The molecule has 1 amide bonds. The number of rotatable bonds is 6. The number of carboxylic acid groups (broad SMARTS) is 1. The Kier molecular flexibility index (Phi) is 6.14. The van der Waals surface area contributed by atoms with Gasteiger partial charge in [0.25, 0.3) is 0 Å². The highest BCUT2D eigenvalue weighted by Gasteiger charge is 2.28. The number of anilines is 1. The number of amides is 1. The SMILES string of the molecule is CCCOC(=O)c1c(NC(=O)/C=C/C(=O)O)sc2c1CC[C@H](C)C2. The van der Waals surface area contributed by atoms with E-state index in [4.69, 9.17) is 9.84 Å². The van der Waals surface area contributed by atoms with Crippen molar-refractivity contribution in [2.24, 2.45) is 5.92 Å². The van der Waals surface area contributed by atoms with Crippen molar-refractivity contribution < 1.29 is 24.2 Å². The monoisotopic (exact) mass is 351 g/mol. The Hall–Kier alpha value is -2.15. The van der Waals surface area contributed by atoms with E-state index in [1.165, 1.54) is 11.3 Å². The quantitative estimate of drug-likeness (QED) is 0.607. The molecule has 1 aromatic rings. The second-order valence-corrected chi connectivity index (χ2v) is 6.96. The Morgan fingerprint density at radius 2 is 2.12 bits per heavy atom. The number of esters is 1. The van der Waals surface area contributed by atoms with Crippen LogP contribution in [0.15, 0.2) is 12.2 Å². The van der Waals surface area contributed by atoms with Crippen LogP contribution in [0.25, 0.3) is 0 Å². The Bertz CT molecular complexity index is 677. The van der Waals surface area contributed by atoms with Gasteiger partial charge in [-0.15, -0.1) is 11.3 Å². The highest BCUT2D eigenvalue weighted by molar-refractivity contribution is 7.17. The van der Waals surface area contributed by atoms with E-state index in [0.717, 1.165) is 48.3 Å². The van der Waals surface area contributed by atoms with Crippen LogP contribution in [0.2, 0.25) is 0 Å². The second-order valence-electron chi connectivity index (χ2n) is 5.85. The number of carboxylic acids is 1. The smallest absolute Gasteiger partial charge is 0.341 e. The van der Waals surface area contributed by atoms with Crippen molar-refractivity contribution in [3.05, 3.63) is 28.2 Å². The summed E-state index contributed by atoms with van der Waals surface area (Å²) < 4.78 is 5.25. The molecule has 0 aliphatic heterocycles. The van der Waals surface area contributed by atoms with Gasteiger partial charge in [0, 0.05) is 17.0 Å². The van der Waals surface area contributed by atoms with Crippen molar-refractivity contribution in [1.82, 2.24) is 0 Å². The molecule has 6 nitrogen and oxygen atoms in total. The highest BCUT2D eigenvalue weighted by atomic mass is 32.1. The van der Waals surface area contributed by atoms with Crippen molar-refractivity contribution in [2.75, 3.05) is 11.9 Å². The van der Waals surface area contributed by atoms with Gasteiger partial charge in [-0.25, -0.2) is 9.59 Å². The Labute approximate surface area is 144 Å². The number of thiophene rings is 1. The minimum atomic E-state index is -1.20. The summed E-state index contributed by atoms with van der Waals surface area (Å²) >= 11 is 1.38. The molecule has 24 heavy (non-hydrogen) atoms. The first-order chi connectivity index (χ1) is 11.4. The van der Waals surface area contributed by atoms with Crippen molar-refractivity contribution in [3.63, 3.8) is 0 Å². The van der Waals surface area contributed by atoms with Crippen LogP contribution in [0.5, 0.6) is 0 Å². The summed E-state index contributed by atoms with van der Waals surface area (Å²) in [5.41, 5.74) is 1.38. The third-order valence-electron chi connectivity index (χ3n) is 3.77. The molecule has 1 atom stereocenters. The van der Waals surface area contributed by atoms with Gasteiger partial charge in [-0.2, -0.15) is 0 Å². The molecular weight excluding hydrogens is 330 g/mol. The Morgan fingerprint density at radius 1 is 1.38 bits per heavy atom. The number of carbonyl (C=O) groups is 3. The first-order valence-electron chi connectivity index (χ1n) is 7.96. The van der Waals surface area contributed by atoms with Gasteiger partial charge in [-0.3, -0.25) is 4.79 Å². The molecule has 0 saturated heterocycles. The number of ether oxygens (including phenoxy) is 1. The Balaban J connectivity index is 2.30. The van der Waals surface area contributed by atoms with E-state index in [0.29, 0.717) is 23.1 Å². The van der Waals surface area contributed by atoms with E-state index in [1.807, 2.05) is 6.92 Å². The minimum absolute atomic E-state index is 0.326. The van der Waals surface area contributed by atoms with E-state index in [2.05, 4.69) is 12.2 Å². The molecule has 2 rings (SSSR count). The summed E-state index contributed by atoms with van der Waals surface area (Å²) in [5.74, 6) is -1.67. The molecule has 0 fully saturated rings. The fourth-order valence-corrected chi connectivity index (χ4v) is 4.02. The van der Waals surface area contributed by atoms with Gasteiger partial charge in [0.2, 0.25) is 5.91 Å². The Morgan fingerprint density at radius 3 is 2.79 bits per heavy atom. The summed E-state index contributed by atoms with van der Waals surface area (Å²) in [6, 6.07) is 0. The van der Waals surface area contributed by atoms with Crippen LogP contribution in [0.3, 0.4) is 0 Å². The standard InChI is InChI=1S/C17H21NO5S/c1-3-8-23-17(22)15-11-5-4-10(2)9-12(11)24-16(15)18-13(19)6-7-14(20)21/h6-7,10H,3-5,8-9H2,1-2H3,(H,18,19)(H,20,21)/b7-6+/t10-/m0/s1. The summed E-state index contributed by atoms with van der Waals surface area (Å²) in [7, 11) is 0. The van der Waals surface area contributed by atoms with Crippen LogP contribution in [0, 0.1) is 5.92 Å². The van der Waals surface area contributed by atoms with E-state index >= 15 is 0 Å². The van der Waals surface area contributed by atoms with Crippen molar-refractivity contribution >= 4 is 34.2 Å². The first kappa shape index (κ1) is 18.2. The molecule has 0 unspecified atom stereocenters. The minimum Gasteiger partial charge on any atom is -0.478 e. The summed E-state index contributed by atoms with van der Waals surface area (Å²) in [6.45, 7) is 4.40. The topological polar surface area (TPSA) is 92.7 Å². The molecule has 1 aromatic heterocycles. The maximum atomic E-state index is 12.4. The van der Waals surface area contributed by atoms with Crippen molar-refractivity contribution in [3.8, 4) is 0 Å². The summed E-state index contributed by atoms with van der Waals surface area (Å²) in [6.07, 6.45) is 5.06. The maximum absolute atomic E-state index is 12.4. The molecule has 1 aliphatic rings. The molecule has 2 N–H and O–H groups in total. The molecule has 7 heteroatoms. The van der Waals surface area contributed by atoms with Gasteiger partial charge in [0.1, 0.15) is 5.00 Å². The number of hydrogen-bond donors (Lipinski definition) is 2. The molecule has 130 valence electrons. The van der Waals surface area contributed by atoms with Gasteiger partial charge in [0.05, 0.1) is 12.2 Å². The number of fused-ring (bicyclic) bond motifs is 1. The maximum Gasteiger partial charge on any atom is 0.341 e. The molecule has 0 radical (unpaired) electrons. The van der Waals surface area contributed by atoms with E-state index in [1.54, 1.807) is 0 Å². The number of nitrogens with one attached hydrogen (secondary N) is 1. The molecular formula is C17H21NO5S. The predicted octanol–water partition coefficient (Wildman–Crippen LogP) is 3.02. The molecule has 0 saturated carbocycles. The third-order valence-corrected chi connectivity index (χ3v) is 4.94. The fourth-order valence-electron chi connectivity index (χ4n) is 2.62. The highest BCUT2D eigenvalue weighted by Crippen LogP contribution is 2.40. The van der Waals surface area contributed by atoms with Crippen molar-refractivity contribution in [1.29, 1.82) is 0 Å². The zero-order chi connectivity index (χ0) is 17.7. The first-order valence-corrected chi connectivity index (χ1v) is 8.77. The molecule has 0 spiro atoms. The zero-order valence-electron chi connectivity index (χ0n) is 13.8. The normalized spacial score (nSPS) is 16.7. The van der Waals surface area contributed by atoms with E-state index < -0.39 is 17.8 Å². The van der Waals surface area contributed by atoms with Crippen LogP contribution in [0.1, 0.15) is 47.5 Å². The summed E-state index contributed by atoms with van der Waals surface area (Å²) in [5, 5.41) is 11.7. The van der Waals surface area contributed by atoms with Crippen molar-refractivity contribution in [2.45, 2.75) is 39.5 Å². The predicted molar refractivity (Wildman–Crippen MR) is 91.5 cm³/mol. The van der Waals surface area contributed by atoms with Crippen LogP contribution in [-0.4, -0.2) is 29.6 Å². The lowest BCUT2D eigenvalue weighted by molar-refractivity contribution is -0.131. The van der Waals surface area contributed by atoms with Crippen LogP contribution in [-0.2, 0) is 27.2 Å². The number of hydrogen-bond acceptors (Lipinski definition) is 5. The fraction of sp³-hybridized carbons (Fsp3) is 0.471. The van der Waals surface area contributed by atoms with Crippen LogP contribution in [0.4, 0.5) is 5.00 Å². The molecule has 1 aliphatic carbocycles. The van der Waals surface area contributed by atoms with Gasteiger partial charge in [-0.1, -0.05) is 13.8 Å². The van der Waals surface area contributed by atoms with E-state index in [9.17, 15) is 14.4 Å². The lowest BCUT2D eigenvalue weighted by Crippen LogP contribution is -2.16. The van der Waals surface area contributed by atoms with Crippen LogP contribution >= 0.6 is 11.3 Å². The van der Waals surface area contributed by atoms with Gasteiger partial charge >= 0.3 is 11.9 Å².